The van der Waals surface area contributed by atoms with E-state index in [1.54, 1.807) is 30.9 Å². The molecule has 1 N–H and O–H groups in total. The molecule has 8 heteroatoms. The highest BCUT2D eigenvalue weighted by Gasteiger charge is 2.26. The predicted octanol–water partition coefficient (Wildman–Crippen LogP) is 1.59. The van der Waals surface area contributed by atoms with E-state index in [1.807, 2.05) is 4.57 Å². The molecule has 0 saturated heterocycles. The van der Waals surface area contributed by atoms with Gasteiger partial charge in [0.25, 0.3) is 0 Å². The van der Waals surface area contributed by atoms with E-state index >= 15 is 0 Å². The molecular weight excluding hydrogens is 314 g/mol. The highest BCUT2D eigenvalue weighted by Crippen LogP contribution is 2.22. The normalized spacial score (nSPS) is 16.5. The average molecular weight is 335 g/mol. The molecule has 2 aromatic rings. The monoisotopic (exact) mass is 335 g/mol. The third kappa shape index (κ3) is 3.94. The molecule has 0 bridgehead atoms. The number of nitrogens with one attached hydrogen (secondary N) is 1. The van der Waals surface area contributed by atoms with Gasteiger partial charge in [0.2, 0.25) is 10.0 Å². The Morgan fingerprint density at radius 3 is 2.57 bits per heavy atom. The summed E-state index contributed by atoms with van der Waals surface area (Å²) in [6.07, 6.45) is 11.5. The van der Waals surface area contributed by atoms with Crippen molar-refractivity contribution in [2.45, 2.75) is 43.9 Å². The van der Waals surface area contributed by atoms with E-state index in [0.29, 0.717) is 24.7 Å². The number of hydrogen-bond donors (Lipinski definition) is 1. The summed E-state index contributed by atoms with van der Waals surface area (Å²) >= 11 is 0. The van der Waals surface area contributed by atoms with Crippen LogP contribution in [0.5, 0.6) is 0 Å². The lowest BCUT2D eigenvalue weighted by atomic mass is 10.0. The summed E-state index contributed by atoms with van der Waals surface area (Å²) in [7, 11) is -3.23. The number of nitrogens with zero attached hydrogens (tertiary/aromatic N) is 4. The molecule has 0 atom stereocenters. The summed E-state index contributed by atoms with van der Waals surface area (Å²) in [5, 5.41) is -0.240. The summed E-state index contributed by atoms with van der Waals surface area (Å²) in [4.78, 5) is 12.6. The lowest BCUT2D eigenvalue weighted by Crippen LogP contribution is -2.37. The molecule has 0 aromatic carbocycles. The maximum absolute atomic E-state index is 12.3. The van der Waals surface area contributed by atoms with Gasteiger partial charge in [0.15, 0.2) is 11.6 Å². The van der Waals surface area contributed by atoms with Crippen LogP contribution in [0, 0.1) is 0 Å². The van der Waals surface area contributed by atoms with Crippen LogP contribution in [-0.2, 0) is 16.6 Å². The van der Waals surface area contributed by atoms with Crippen molar-refractivity contribution in [1.29, 1.82) is 0 Å². The van der Waals surface area contributed by atoms with Gasteiger partial charge >= 0.3 is 0 Å². The van der Waals surface area contributed by atoms with Gasteiger partial charge in [-0.05, 0) is 18.9 Å². The van der Waals surface area contributed by atoms with E-state index in [9.17, 15) is 8.42 Å². The Kier molecular flexibility index (Phi) is 5.02. The van der Waals surface area contributed by atoms with Gasteiger partial charge in [-0.1, -0.05) is 19.3 Å². The molecule has 1 aliphatic rings. The van der Waals surface area contributed by atoms with Crippen LogP contribution in [0.4, 0.5) is 0 Å². The highest BCUT2D eigenvalue weighted by molar-refractivity contribution is 7.90. The minimum absolute atomic E-state index is 0.240. The molecule has 2 aromatic heterocycles. The second-order valence-electron chi connectivity index (χ2n) is 5.72. The molecule has 0 amide bonds. The van der Waals surface area contributed by atoms with Crippen LogP contribution in [-0.4, -0.2) is 39.7 Å². The summed E-state index contributed by atoms with van der Waals surface area (Å²) in [5.41, 5.74) is 0. The molecule has 1 aliphatic carbocycles. The van der Waals surface area contributed by atoms with E-state index in [-0.39, 0.29) is 5.25 Å². The number of imidazole rings is 1. The SMILES string of the molecule is O=S(=O)(NCCn1ccnc1-c1ncccn1)C1CCCCC1. The van der Waals surface area contributed by atoms with Crippen LogP contribution < -0.4 is 4.72 Å². The van der Waals surface area contributed by atoms with Crippen molar-refractivity contribution < 1.29 is 8.42 Å². The van der Waals surface area contributed by atoms with Gasteiger partial charge in [-0.25, -0.2) is 28.1 Å². The van der Waals surface area contributed by atoms with Crippen molar-refractivity contribution in [3.63, 3.8) is 0 Å². The van der Waals surface area contributed by atoms with Gasteiger partial charge < -0.3 is 4.57 Å². The molecule has 0 unspecified atom stereocenters. The van der Waals surface area contributed by atoms with Crippen LogP contribution in [0.25, 0.3) is 11.6 Å². The first-order chi connectivity index (χ1) is 11.2. The van der Waals surface area contributed by atoms with E-state index in [1.165, 1.54) is 0 Å². The molecule has 0 spiro atoms. The first-order valence-electron chi connectivity index (χ1n) is 7.94. The maximum Gasteiger partial charge on any atom is 0.214 e. The lowest BCUT2D eigenvalue weighted by Gasteiger charge is -2.22. The van der Waals surface area contributed by atoms with Gasteiger partial charge in [0.1, 0.15) is 0 Å². The quantitative estimate of drug-likeness (QED) is 0.866. The molecule has 1 saturated carbocycles. The zero-order chi connectivity index (χ0) is 16.1. The third-order valence-corrected chi connectivity index (χ3v) is 6.08. The fourth-order valence-corrected chi connectivity index (χ4v) is 4.48. The first kappa shape index (κ1) is 16.1. The van der Waals surface area contributed by atoms with Crippen molar-refractivity contribution in [2.75, 3.05) is 6.54 Å². The molecule has 3 rings (SSSR count). The lowest BCUT2D eigenvalue weighted by molar-refractivity contribution is 0.476. The zero-order valence-corrected chi connectivity index (χ0v) is 13.7. The van der Waals surface area contributed by atoms with Crippen molar-refractivity contribution in [3.05, 3.63) is 30.9 Å². The smallest absolute Gasteiger partial charge is 0.214 e. The molecule has 7 nitrogen and oxygen atoms in total. The van der Waals surface area contributed by atoms with Gasteiger partial charge in [0, 0.05) is 37.9 Å². The van der Waals surface area contributed by atoms with Gasteiger partial charge in [-0.15, -0.1) is 0 Å². The molecule has 2 heterocycles. The minimum Gasteiger partial charge on any atom is -0.327 e. The number of sulfonamides is 1. The van der Waals surface area contributed by atoms with Gasteiger partial charge in [0.05, 0.1) is 5.25 Å². The van der Waals surface area contributed by atoms with Crippen LogP contribution in [0.1, 0.15) is 32.1 Å². The Balaban J connectivity index is 1.60. The molecule has 23 heavy (non-hydrogen) atoms. The Bertz CT molecular complexity index is 723. The largest absolute Gasteiger partial charge is 0.327 e. The van der Waals surface area contributed by atoms with Crippen LogP contribution in [0.15, 0.2) is 30.9 Å². The van der Waals surface area contributed by atoms with E-state index in [4.69, 9.17) is 0 Å². The van der Waals surface area contributed by atoms with E-state index < -0.39 is 10.0 Å². The fourth-order valence-electron chi connectivity index (χ4n) is 2.91. The van der Waals surface area contributed by atoms with Crippen LogP contribution in [0.2, 0.25) is 0 Å². The Morgan fingerprint density at radius 1 is 1.09 bits per heavy atom. The minimum atomic E-state index is -3.23. The fraction of sp³-hybridized carbons (Fsp3) is 0.533. The standard InChI is InChI=1S/C15H21N5O2S/c21-23(22,13-5-2-1-3-6-13)19-10-12-20-11-9-18-15(20)14-16-7-4-8-17-14/h4,7-9,11,13,19H,1-3,5-6,10,12H2. The summed E-state index contributed by atoms with van der Waals surface area (Å²) < 4.78 is 29.2. The Hall–Kier alpha value is -1.80. The Morgan fingerprint density at radius 2 is 1.83 bits per heavy atom. The molecule has 0 radical (unpaired) electrons. The second-order valence-corrected chi connectivity index (χ2v) is 7.76. The summed E-state index contributed by atoms with van der Waals surface area (Å²) in [6, 6.07) is 1.75. The summed E-state index contributed by atoms with van der Waals surface area (Å²) in [6.45, 7) is 0.842. The van der Waals surface area contributed by atoms with Crippen molar-refractivity contribution in [3.8, 4) is 11.6 Å². The average Bonchev–Trinajstić information content (AvgIpc) is 3.05. The predicted molar refractivity (Wildman–Crippen MR) is 87.0 cm³/mol. The number of hydrogen-bond acceptors (Lipinski definition) is 5. The van der Waals surface area contributed by atoms with Crippen molar-refractivity contribution in [1.82, 2.24) is 24.2 Å². The van der Waals surface area contributed by atoms with Crippen LogP contribution in [0.3, 0.4) is 0 Å². The summed E-state index contributed by atoms with van der Waals surface area (Å²) in [5.74, 6) is 1.18. The third-order valence-electron chi connectivity index (χ3n) is 4.13. The molecule has 1 fully saturated rings. The maximum atomic E-state index is 12.3. The van der Waals surface area contributed by atoms with Gasteiger partial charge in [-0.3, -0.25) is 0 Å². The second kappa shape index (κ2) is 7.18. The zero-order valence-electron chi connectivity index (χ0n) is 12.9. The van der Waals surface area contributed by atoms with Crippen LogP contribution >= 0.6 is 0 Å². The molecule has 0 aliphatic heterocycles. The Labute approximate surface area is 136 Å². The van der Waals surface area contributed by atoms with E-state index in [0.717, 1.165) is 32.1 Å². The van der Waals surface area contributed by atoms with Crippen molar-refractivity contribution >= 4 is 10.0 Å². The van der Waals surface area contributed by atoms with Crippen molar-refractivity contribution in [2.24, 2.45) is 0 Å². The molecule has 124 valence electrons. The highest BCUT2D eigenvalue weighted by atomic mass is 32.2. The van der Waals surface area contributed by atoms with E-state index in [2.05, 4.69) is 19.7 Å². The topological polar surface area (TPSA) is 89.8 Å². The molecular formula is C15H21N5O2S. The van der Waals surface area contributed by atoms with Gasteiger partial charge in [-0.2, -0.15) is 0 Å². The number of rotatable bonds is 6. The first-order valence-corrected chi connectivity index (χ1v) is 9.48. The number of aromatic nitrogens is 4.